The average molecular weight is 339 g/mol. The van der Waals surface area contributed by atoms with E-state index in [9.17, 15) is 4.79 Å². The molecule has 23 heavy (non-hydrogen) atoms. The Kier molecular flexibility index (Phi) is 6.83. The lowest BCUT2D eigenvalue weighted by Crippen LogP contribution is -2.52. The molecule has 0 aliphatic carbocycles. The van der Waals surface area contributed by atoms with Gasteiger partial charge in [-0.2, -0.15) is 0 Å². The highest BCUT2D eigenvalue weighted by molar-refractivity contribution is 6.90. The number of hydrogen-bond acceptors (Lipinski definition) is 4. The van der Waals surface area contributed by atoms with Crippen molar-refractivity contribution in [1.82, 2.24) is 0 Å². The Morgan fingerprint density at radius 2 is 1.87 bits per heavy atom. The molecule has 0 spiro atoms. The maximum absolute atomic E-state index is 12.3. The fourth-order valence-electron chi connectivity index (χ4n) is 3.23. The van der Waals surface area contributed by atoms with Crippen molar-refractivity contribution in [3.63, 3.8) is 0 Å². The number of hydrogen-bond donors (Lipinski definition) is 0. The molecule has 2 atom stereocenters. The van der Waals surface area contributed by atoms with E-state index in [1.807, 2.05) is 19.1 Å². The molecule has 4 nitrogen and oxygen atoms in total. The van der Waals surface area contributed by atoms with Crippen LogP contribution in [0.5, 0.6) is 0 Å². The number of furan rings is 1. The van der Waals surface area contributed by atoms with Crippen LogP contribution in [0.15, 0.2) is 28.2 Å². The van der Waals surface area contributed by atoms with E-state index in [2.05, 4.69) is 39.9 Å². The second-order valence-corrected chi connectivity index (χ2v) is 11.5. The van der Waals surface area contributed by atoms with Crippen molar-refractivity contribution in [2.75, 3.05) is 14.2 Å². The third-order valence-electron chi connectivity index (χ3n) is 4.23. The molecular weight excluding hydrogens is 308 g/mol. The van der Waals surface area contributed by atoms with E-state index >= 15 is 0 Å². The van der Waals surface area contributed by atoms with Gasteiger partial charge in [-0.05, 0) is 31.9 Å². The number of carbonyl (C=O) groups is 1. The van der Waals surface area contributed by atoms with Crippen LogP contribution in [0.2, 0.25) is 18.6 Å². The highest BCUT2D eigenvalue weighted by Crippen LogP contribution is 2.36. The number of allylic oxidation sites excluding steroid dienone is 1. The van der Waals surface area contributed by atoms with Gasteiger partial charge < -0.3 is 13.9 Å². The van der Waals surface area contributed by atoms with Gasteiger partial charge in [0.15, 0.2) is 6.10 Å². The van der Waals surface area contributed by atoms with Crippen LogP contribution >= 0.6 is 0 Å². The molecule has 1 heterocycles. The SMILES string of the molecule is COC(=O)[C@H](OC)[C@@H](/C(C)=C/C(C)C)[Si](C)(C)c1ccc(C)o1. The van der Waals surface area contributed by atoms with Gasteiger partial charge in [0, 0.05) is 12.7 Å². The summed E-state index contributed by atoms with van der Waals surface area (Å²) in [5.74, 6) is 0.950. The summed E-state index contributed by atoms with van der Waals surface area (Å²) in [6, 6.07) is 4.00. The standard InChI is InChI=1S/C18H30O4Si/c1-12(2)11-13(3)17(16(20-5)18(19)21-6)23(7,8)15-10-9-14(4)22-15/h9-12,16-17H,1-8H3/b13-11+/t16-,17-/m1/s1. The van der Waals surface area contributed by atoms with Gasteiger partial charge in [0.2, 0.25) is 0 Å². The number of esters is 1. The summed E-state index contributed by atoms with van der Waals surface area (Å²) in [7, 11) is 0.824. The second-order valence-electron chi connectivity index (χ2n) is 6.94. The van der Waals surface area contributed by atoms with Gasteiger partial charge in [0.05, 0.1) is 18.3 Å². The molecule has 0 saturated carbocycles. The normalized spacial score (nSPS) is 15.6. The maximum atomic E-state index is 12.3. The van der Waals surface area contributed by atoms with Crippen molar-refractivity contribution in [2.24, 2.45) is 5.92 Å². The first-order chi connectivity index (χ1) is 10.6. The first kappa shape index (κ1) is 19.7. The lowest BCUT2D eigenvalue weighted by Gasteiger charge is -2.35. The fourth-order valence-corrected chi connectivity index (χ4v) is 6.74. The molecule has 5 heteroatoms. The van der Waals surface area contributed by atoms with E-state index in [1.165, 1.54) is 7.11 Å². The molecule has 0 aromatic carbocycles. The topological polar surface area (TPSA) is 48.7 Å². The Hall–Kier alpha value is -1.33. The molecule has 1 aromatic rings. The second kappa shape index (κ2) is 7.97. The third kappa shape index (κ3) is 4.58. The number of rotatable bonds is 7. The van der Waals surface area contributed by atoms with E-state index in [0.29, 0.717) is 5.92 Å². The van der Waals surface area contributed by atoms with E-state index in [1.54, 1.807) is 7.11 Å². The molecule has 1 rings (SSSR count). The van der Waals surface area contributed by atoms with Crippen LogP contribution < -0.4 is 5.38 Å². The Labute approximate surface area is 140 Å². The van der Waals surface area contributed by atoms with Crippen LogP contribution in [0.4, 0.5) is 0 Å². The van der Waals surface area contributed by atoms with E-state index in [4.69, 9.17) is 13.9 Å². The van der Waals surface area contributed by atoms with Gasteiger partial charge >= 0.3 is 5.97 Å². The highest BCUT2D eigenvalue weighted by atomic mass is 28.3. The van der Waals surface area contributed by atoms with Crippen LogP contribution in [0.3, 0.4) is 0 Å². The molecule has 0 amide bonds. The molecule has 0 radical (unpaired) electrons. The van der Waals surface area contributed by atoms with Crippen LogP contribution in [-0.2, 0) is 14.3 Å². The van der Waals surface area contributed by atoms with Gasteiger partial charge in [-0.25, -0.2) is 4.79 Å². The Bertz CT molecular complexity index is 557. The van der Waals surface area contributed by atoms with Crippen molar-refractivity contribution in [2.45, 2.75) is 52.4 Å². The Morgan fingerprint density at radius 1 is 1.26 bits per heavy atom. The molecule has 0 aliphatic rings. The monoisotopic (exact) mass is 338 g/mol. The van der Waals surface area contributed by atoms with Crippen molar-refractivity contribution in [3.05, 3.63) is 29.5 Å². The van der Waals surface area contributed by atoms with Crippen molar-refractivity contribution in [1.29, 1.82) is 0 Å². The number of ether oxygens (including phenoxy) is 2. The molecule has 0 fully saturated rings. The zero-order valence-electron chi connectivity index (χ0n) is 15.6. The van der Waals surface area contributed by atoms with Gasteiger partial charge in [-0.15, -0.1) is 0 Å². The minimum atomic E-state index is -2.14. The highest BCUT2D eigenvalue weighted by Gasteiger charge is 2.45. The van der Waals surface area contributed by atoms with Crippen LogP contribution in [0, 0.1) is 12.8 Å². The Balaban J connectivity index is 3.40. The van der Waals surface area contributed by atoms with Gasteiger partial charge in [0.25, 0.3) is 0 Å². The summed E-state index contributed by atoms with van der Waals surface area (Å²) in [6.45, 7) is 12.7. The number of aryl methyl sites for hydroxylation is 1. The molecule has 0 unspecified atom stereocenters. The van der Waals surface area contributed by atoms with Crippen molar-refractivity contribution < 1.29 is 18.7 Å². The third-order valence-corrected chi connectivity index (χ3v) is 8.08. The first-order valence-corrected chi connectivity index (χ1v) is 11.1. The summed E-state index contributed by atoms with van der Waals surface area (Å²) in [6.07, 6.45) is 1.58. The van der Waals surface area contributed by atoms with Crippen LogP contribution in [0.1, 0.15) is 26.5 Å². The molecular formula is C18H30O4Si. The van der Waals surface area contributed by atoms with Gasteiger partial charge in [0.1, 0.15) is 8.07 Å². The number of carbonyl (C=O) groups excluding carboxylic acids is 1. The lowest BCUT2D eigenvalue weighted by atomic mass is 10.0. The van der Waals surface area contributed by atoms with Crippen LogP contribution in [-0.4, -0.2) is 34.4 Å². The largest absolute Gasteiger partial charge is 0.472 e. The van der Waals surface area contributed by atoms with Crippen LogP contribution in [0.25, 0.3) is 0 Å². The number of methoxy groups -OCH3 is 2. The quantitative estimate of drug-likeness (QED) is 0.432. The van der Waals surface area contributed by atoms with Gasteiger partial charge in [-0.3, -0.25) is 0 Å². The predicted octanol–water partition coefficient (Wildman–Crippen LogP) is 3.66. The zero-order chi connectivity index (χ0) is 17.8. The molecule has 0 N–H and O–H groups in total. The predicted molar refractivity (Wildman–Crippen MR) is 95.7 cm³/mol. The first-order valence-electron chi connectivity index (χ1n) is 8.01. The average Bonchev–Trinajstić information content (AvgIpc) is 2.89. The smallest absolute Gasteiger partial charge is 0.335 e. The summed E-state index contributed by atoms with van der Waals surface area (Å²) in [5.41, 5.74) is 1.11. The van der Waals surface area contributed by atoms with Crippen molar-refractivity contribution in [3.8, 4) is 0 Å². The molecule has 0 aliphatic heterocycles. The molecule has 0 saturated heterocycles. The van der Waals surface area contributed by atoms with E-state index in [-0.39, 0.29) is 11.5 Å². The molecule has 130 valence electrons. The minimum Gasteiger partial charge on any atom is -0.472 e. The minimum absolute atomic E-state index is 0.0482. The summed E-state index contributed by atoms with van der Waals surface area (Å²) < 4.78 is 16.5. The summed E-state index contributed by atoms with van der Waals surface area (Å²) >= 11 is 0. The summed E-state index contributed by atoms with van der Waals surface area (Å²) in [4.78, 5) is 12.3. The molecule has 0 bridgehead atoms. The van der Waals surface area contributed by atoms with Gasteiger partial charge in [-0.1, -0.05) is 38.6 Å². The maximum Gasteiger partial charge on any atom is 0.335 e. The fraction of sp³-hybridized carbons (Fsp3) is 0.611. The van der Waals surface area contributed by atoms with Crippen molar-refractivity contribution >= 4 is 19.4 Å². The summed E-state index contributed by atoms with van der Waals surface area (Å²) in [5, 5.41) is 0.974. The van der Waals surface area contributed by atoms with E-state index < -0.39 is 14.2 Å². The molecule has 1 aromatic heterocycles. The zero-order valence-corrected chi connectivity index (χ0v) is 16.6. The lowest BCUT2D eigenvalue weighted by molar-refractivity contribution is -0.152. The Morgan fingerprint density at radius 3 is 2.26 bits per heavy atom. The van der Waals surface area contributed by atoms with E-state index in [0.717, 1.165) is 16.7 Å².